The molecule has 2 aromatic rings. The van der Waals surface area contributed by atoms with E-state index in [4.69, 9.17) is 9.15 Å². The number of para-hydroxylation sites is 1. The van der Waals surface area contributed by atoms with E-state index in [2.05, 4.69) is 15.9 Å². The summed E-state index contributed by atoms with van der Waals surface area (Å²) < 4.78 is 11.4. The highest BCUT2D eigenvalue weighted by Gasteiger charge is 2.06. The molecule has 68 valence electrons. The highest BCUT2D eigenvalue weighted by molar-refractivity contribution is 9.10. The maximum Gasteiger partial charge on any atom is 0.148 e. The Morgan fingerprint density at radius 1 is 1.46 bits per heavy atom. The van der Waals surface area contributed by atoms with Crippen molar-refractivity contribution in [3.05, 3.63) is 34.5 Å². The number of furan rings is 1. The van der Waals surface area contributed by atoms with Gasteiger partial charge in [0.25, 0.3) is 0 Å². The first kappa shape index (κ1) is 8.78. The molecule has 0 radical (unpaired) electrons. The van der Waals surface area contributed by atoms with E-state index in [1.54, 1.807) is 13.4 Å². The Morgan fingerprint density at radius 3 is 3.08 bits per heavy atom. The second kappa shape index (κ2) is 3.52. The van der Waals surface area contributed by atoms with E-state index in [0.717, 1.165) is 21.0 Å². The molecule has 0 N–H and O–H groups in total. The third-order valence-corrected chi connectivity index (χ3v) is 2.56. The highest BCUT2D eigenvalue weighted by atomic mass is 79.9. The van der Waals surface area contributed by atoms with Crippen molar-refractivity contribution in [2.24, 2.45) is 0 Å². The summed E-state index contributed by atoms with van der Waals surface area (Å²) in [4.78, 5) is 0. The summed E-state index contributed by atoms with van der Waals surface area (Å²) in [6.45, 7) is 0.587. The number of hydrogen-bond donors (Lipinski definition) is 0. The Labute approximate surface area is 84.6 Å². The fourth-order valence-corrected chi connectivity index (χ4v) is 1.80. The molecule has 0 saturated heterocycles. The molecule has 0 aliphatic rings. The SMILES string of the molecule is COCc1coc2c(Br)cccc12. The van der Waals surface area contributed by atoms with Crippen LogP contribution in [0.1, 0.15) is 5.56 Å². The second-order valence-electron chi connectivity index (χ2n) is 2.81. The normalized spacial score (nSPS) is 10.9. The summed E-state index contributed by atoms with van der Waals surface area (Å²) in [6, 6.07) is 5.97. The Bertz CT molecular complexity index is 420. The molecular weight excluding hydrogens is 232 g/mol. The van der Waals surface area contributed by atoms with E-state index in [-0.39, 0.29) is 0 Å². The standard InChI is InChI=1S/C10H9BrO2/c1-12-5-7-6-13-10-8(7)3-2-4-9(10)11/h2-4,6H,5H2,1H3. The van der Waals surface area contributed by atoms with Gasteiger partial charge in [-0.05, 0) is 22.0 Å². The van der Waals surface area contributed by atoms with E-state index >= 15 is 0 Å². The molecule has 1 aromatic heterocycles. The van der Waals surface area contributed by atoms with Gasteiger partial charge in [-0.2, -0.15) is 0 Å². The van der Waals surface area contributed by atoms with Crippen molar-refractivity contribution in [3.8, 4) is 0 Å². The van der Waals surface area contributed by atoms with Gasteiger partial charge in [0, 0.05) is 18.1 Å². The maximum atomic E-state index is 5.41. The lowest BCUT2D eigenvalue weighted by Gasteiger charge is -1.95. The van der Waals surface area contributed by atoms with Gasteiger partial charge in [-0.1, -0.05) is 12.1 Å². The average molecular weight is 241 g/mol. The van der Waals surface area contributed by atoms with E-state index < -0.39 is 0 Å². The monoisotopic (exact) mass is 240 g/mol. The first-order valence-electron chi connectivity index (χ1n) is 3.96. The predicted molar refractivity (Wildman–Crippen MR) is 54.6 cm³/mol. The minimum Gasteiger partial charge on any atom is -0.463 e. The number of hydrogen-bond acceptors (Lipinski definition) is 2. The molecule has 0 aliphatic carbocycles. The molecule has 2 nitrogen and oxygen atoms in total. The van der Waals surface area contributed by atoms with E-state index in [1.165, 1.54) is 0 Å². The number of ether oxygens (including phenoxy) is 1. The van der Waals surface area contributed by atoms with Crippen molar-refractivity contribution in [2.45, 2.75) is 6.61 Å². The number of benzene rings is 1. The van der Waals surface area contributed by atoms with Gasteiger partial charge in [0.15, 0.2) is 0 Å². The smallest absolute Gasteiger partial charge is 0.148 e. The number of halogens is 1. The number of methoxy groups -OCH3 is 1. The van der Waals surface area contributed by atoms with Crippen LogP contribution < -0.4 is 0 Å². The lowest BCUT2D eigenvalue weighted by atomic mass is 10.2. The van der Waals surface area contributed by atoms with Crippen LogP contribution in [0.3, 0.4) is 0 Å². The first-order chi connectivity index (χ1) is 6.33. The molecule has 0 unspecified atom stereocenters. The fraction of sp³-hybridized carbons (Fsp3) is 0.200. The van der Waals surface area contributed by atoms with Crippen LogP contribution in [0.15, 0.2) is 33.4 Å². The van der Waals surface area contributed by atoms with Crippen molar-refractivity contribution in [1.29, 1.82) is 0 Å². The minimum atomic E-state index is 0.587. The lowest BCUT2D eigenvalue weighted by molar-refractivity contribution is 0.185. The molecule has 2 rings (SSSR count). The molecular formula is C10H9BrO2. The van der Waals surface area contributed by atoms with Gasteiger partial charge in [-0.3, -0.25) is 0 Å². The van der Waals surface area contributed by atoms with Crippen LogP contribution in [-0.2, 0) is 11.3 Å². The summed E-state index contributed by atoms with van der Waals surface area (Å²) in [5, 5.41) is 1.11. The number of rotatable bonds is 2. The van der Waals surface area contributed by atoms with Crippen molar-refractivity contribution in [1.82, 2.24) is 0 Å². The highest BCUT2D eigenvalue weighted by Crippen LogP contribution is 2.28. The third kappa shape index (κ3) is 1.49. The largest absolute Gasteiger partial charge is 0.463 e. The van der Waals surface area contributed by atoms with Gasteiger partial charge in [0.05, 0.1) is 17.3 Å². The van der Waals surface area contributed by atoms with Gasteiger partial charge in [-0.15, -0.1) is 0 Å². The maximum absolute atomic E-state index is 5.41. The Hall–Kier alpha value is -0.800. The van der Waals surface area contributed by atoms with Gasteiger partial charge < -0.3 is 9.15 Å². The zero-order chi connectivity index (χ0) is 9.26. The van der Waals surface area contributed by atoms with E-state index in [9.17, 15) is 0 Å². The van der Waals surface area contributed by atoms with Crippen LogP contribution in [-0.4, -0.2) is 7.11 Å². The van der Waals surface area contributed by atoms with Gasteiger partial charge in [0.2, 0.25) is 0 Å². The molecule has 0 fully saturated rings. The van der Waals surface area contributed by atoms with Gasteiger partial charge in [-0.25, -0.2) is 0 Å². The first-order valence-corrected chi connectivity index (χ1v) is 4.75. The Morgan fingerprint density at radius 2 is 2.31 bits per heavy atom. The van der Waals surface area contributed by atoms with E-state index in [1.807, 2.05) is 18.2 Å². The van der Waals surface area contributed by atoms with Crippen LogP contribution in [0, 0.1) is 0 Å². The van der Waals surface area contributed by atoms with Crippen LogP contribution in [0.4, 0.5) is 0 Å². The summed E-state index contributed by atoms with van der Waals surface area (Å²) in [5.74, 6) is 0. The zero-order valence-electron chi connectivity index (χ0n) is 7.21. The van der Waals surface area contributed by atoms with Crippen molar-refractivity contribution >= 4 is 26.9 Å². The summed E-state index contributed by atoms with van der Waals surface area (Å²) in [6.07, 6.45) is 1.74. The zero-order valence-corrected chi connectivity index (χ0v) is 8.80. The summed E-state index contributed by atoms with van der Waals surface area (Å²) >= 11 is 3.43. The molecule has 0 saturated carbocycles. The van der Waals surface area contributed by atoms with Crippen LogP contribution in [0.5, 0.6) is 0 Å². The third-order valence-electron chi connectivity index (χ3n) is 1.93. The number of fused-ring (bicyclic) bond motifs is 1. The Balaban J connectivity index is 2.61. The molecule has 1 aromatic carbocycles. The molecule has 0 bridgehead atoms. The predicted octanol–water partition coefficient (Wildman–Crippen LogP) is 3.34. The molecule has 1 heterocycles. The molecule has 13 heavy (non-hydrogen) atoms. The van der Waals surface area contributed by atoms with Crippen molar-refractivity contribution in [3.63, 3.8) is 0 Å². The van der Waals surface area contributed by atoms with Gasteiger partial charge >= 0.3 is 0 Å². The average Bonchev–Trinajstić information content (AvgIpc) is 2.51. The van der Waals surface area contributed by atoms with Crippen LogP contribution in [0.25, 0.3) is 11.0 Å². The second-order valence-corrected chi connectivity index (χ2v) is 3.66. The van der Waals surface area contributed by atoms with Gasteiger partial charge in [0.1, 0.15) is 5.58 Å². The van der Waals surface area contributed by atoms with E-state index in [0.29, 0.717) is 6.61 Å². The minimum absolute atomic E-state index is 0.587. The topological polar surface area (TPSA) is 22.4 Å². The quantitative estimate of drug-likeness (QED) is 0.804. The molecule has 0 aliphatic heterocycles. The van der Waals surface area contributed by atoms with Crippen LogP contribution >= 0.6 is 15.9 Å². The molecule has 3 heteroatoms. The van der Waals surface area contributed by atoms with Crippen molar-refractivity contribution in [2.75, 3.05) is 7.11 Å². The fourth-order valence-electron chi connectivity index (χ4n) is 1.34. The molecule has 0 spiro atoms. The summed E-state index contributed by atoms with van der Waals surface area (Å²) in [5.41, 5.74) is 1.97. The lowest BCUT2D eigenvalue weighted by Crippen LogP contribution is -1.83. The summed E-state index contributed by atoms with van der Waals surface area (Å²) in [7, 11) is 1.68. The molecule has 0 atom stereocenters. The Kier molecular flexibility index (Phi) is 2.38. The molecule has 0 amide bonds. The van der Waals surface area contributed by atoms with Crippen molar-refractivity contribution < 1.29 is 9.15 Å². The van der Waals surface area contributed by atoms with Crippen LogP contribution in [0.2, 0.25) is 0 Å².